The van der Waals surface area contributed by atoms with E-state index in [4.69, 9.17) is 0 Å². The fourth-order valence-corrected chi connectivity index (χ4v) is 1.21. The number of carboxylic acid groups (broad SMARTS) is 1. The maximum Gasteiger partial charge on any atom is 0.273 e. The first kappa shape index (κ1) is 11.2. The summed E-state index contributed by atoms with van der Waals surface area (Å²) in [5.41, 5.74) is 0. The topological polar surface area (TPSA) is 114 Å². The zero-order valence-electron chi connectivity index (χ0n) is 8.04. The summed E-state index contributed by atoms with van der Waals surface area (Å²) in [4.78, 5) is 23.3. The van der Waals surface area contributed by atoms with E-state index in [1.165, 1.54) is 9.80 Å². The molecule has 1 aliphatic rings. The normalized spacial score (nSPS) is 20.1. The Kier molecular flexibility index (Phi) is 3.39. The van der Waals surface area contributed by atoms with Gasteiger partial charge in [0.15, 0.2) is 5.03 Å². The number of guanidine groups is 1. The highest BCUT2D eigenvalue weighted by molar-refractivity contribution is 5.79. The van der Waals surface area contributed by atoms with Crippen LogP contribution < -0.4 is 10.4 Å². The number of carbonyl (C=O) groups is 1. The van der Waals surface area contributed by atoms with E-state index in [0.29, 0.717) is 0 Å². The van der Waals surface area contributed by atoms with Crippen molar-refractivity contribution >= 4 is 11.9 Å². The Balaban J connectivity index is 2.55. The molecule has 0 aromatic heterocycles. The van der Waals surface area contributed by atoms with E-state index in [2.05, 4.69) is 10.4 Å². The van der Waals surface area contributed by atoms with Gasteiger partial charge in [-0.2, -0.15) is 0 Å². The molecule has 0 saturated carbocycles. The van der Waals surface area contributed by atoms with Crippen molar-refractivity contribution < 1.29 is 14.9 Å². The second-order valence-corrected chi connectivity index (χ2v) is 3.04. The van der Waals surface area contributed by atoms with Gasteiger partial charge in [0, 0.05) is 13.6 Å². The van der Waals surface area contributed by atoms with E-state index in [0.717, 1.165) is 0 Å². The lowest BCUT2D eigenvalue weighted by molar-refractivity contribution is -0.486. The monoisotopic (exact) mass is 216 g/mol. The summed E-state index contributed by atoms with van der Waals surface area (Å²) in [5, 5.41) is 25.3. The molecule has 9 nitrogen and oxygen atoms in total. The summed E-state index contributed by atoms with van der Waals surface area (Å²) in [6, 6.07) is 0. The lowest BCUT2D eigenvalue weighted by Gasteiger charge is -2.34. The van der Waals surface area contributed by atoms with E-state index in [-0.39, 0.29) is 25.8 Å². The Morgan fingerprint density at radius 1 is 1.73 bits per heavy atom. The zero-order chi connectivity index (χ0) is 11.4. The molecular formula is C6H10N5O4-. The van der Waals surface area contributed by atoms with Crippen molar-refractivity contribution in [1.29, 1.82) is 0 Å². The summed E-state index contributed by atoms with van der Waals surface area (Å²) in [6.45, 7) is 0.196. The van der Waals surface area contributed by atoms with Crippen molar-refractivity contribution in [3.63, 3.8) is 0 Å². The highest BCUT2D eigenvalue weighted by Gasteiger charge is 2.20. The lowest BCUT2D eigenvalue weighted by atomic mass is 10.5. The zero-order valence-corrected chi connectivity index (χ0v) is 8.04. The maximum absolute atomic E-state index is 10.3. The SMILES string of the molecule is CN1CN(CC(=O)[O-])CN/C1=N\[N+](=O)[O-]. The standard InChI is InChI=1S/C6H11N5O4/c1-9-4-10(2-5(12)13)3-7-6(9)8-11(14)15/h2-4H2,1H3,(H,7,8)(H,12,13)/p-1. The molecular weight excluding hydrogens is 206 g/mol. The van der Waals surface area contributed by atoms with E-state index < -0.39 is 11.0 Å². The molecule has 0 aromatic carbocycles. The molecule has 1 aliphatic heterocycles. The van der Waals surface area contributed by atoms with Crippen LogP contribution in [0.15, 0.2) is 5.10 Å². The van der Waals surface area contributed by atoms with Crippen molar-refractivity contribution in [2.24, 2.45) is 5.10 Å². The van der Waals surface area contributed by atoms with Crippen LogP contribution in [0, 0.1) is 10.1 Å². The molecule has 1 heterocycles. The van der Waals surface area contributed by atoms with Gasteiger partial charge in [0.25, 0.3) is 5.96 Å². The van der Waals surface area contributed by atoms with Crippen LogP contribution in [-0.4, -0.2) is 53.7 Å². The number of nitro groups is 1. The van der Waals surface area contributed by atoms with Crippen LogP contribution in [-0.2, 0) is 4.79 Å². The van der Waals surface area contributed by atoms with Gasteiger partial charge in [-0.15, -0.1) is 0 Å². The van der Waals surface area contributed by atoms with Crippen molar-refractivity contribution in [2.75, 3.05) is 26.9 Å². The minimum Gasteiger partial charge on any atom is -0.549 e. The first-order valence-corrected chi connectivity index (χ1v) is 4.09. The maximum atomic E-state index is 10.3. The summed E-state index contributed by atoms with van der Waals surface area (Å²) in [5.74, 6) is -1.09. The van der Waals surface area contributed by atoms with Crippen molar-refractivity contribution in [2.45, 2.75) is 0 Å². The molecule has 84 valence electrons. The molecule has 0 radical (unpaired) electrons. The molecule has 0 atom stereocenters. The number of carbonyl (C=O) groups excluding carboxylic acids is 1. The molecule has 9 heteroatoms. The average molecular weight is 216 g/mol. The Morgan fingerprint density at radius 3 is 2.87 bits per heavy atom. The molecule has 0 aliphatic carbocycles. The number of hydrogen-bond acceptors (Lipinski definition) is 5. The van der Waals surface area contributed by atoms with Crippen LogP contribution in [0.4, 0.5) is 0 Å². The average Bonchev–Trinajstić information content (AvgIpc) is 2.08. The molecule has 15 heavy (non-hydrogen) atoms. The van der Waals surface area contributed by atoms with Gasteiger partial charge in [0.1, 0.15) is 5.10 Å². The highest BCUT2D eigenvalue weighted by Crippen LogP contribution is 1.97. The summed E-state index contributed by atoms with van der Waals surface area (Å²) in [6.07, 6.45) is 0. The Bertz CT molecular complexity index is 304. The van der Waals surface area contributed by atoms with Crippen molar-refractivity contribution in [3.05, 3.63) is 10.1 Å². The van der Waals surface area contributed by atoms with Crippen LogP contribution in [0.5, 0.6) is 0 Å². The Labute approximate surface area is 85.1 Å². The van der Waals surface area contributed by atoms with Gasteiger partial charge < -0.3 is 20.1 Å². The third-order valence-electron chi connectivity index (χ3n) is 1.76. The largest absolute Gasteiger partial charge is 0.549 e. The number of carboxylic acids is 1. The van der Waals surface area contributed by atoms with E-state index in [1.807, 2.05) is 0 Å². The Morgan fingerprint density at radius 2 is 2.40 bits per heavy atom. The van der Waals surface area contributed by atoms with Crippen LogP contribution in [0.2, 0.25) is 0 Å². The number of nitrogens with one attached hydrogen (secondary N) is 1. The van der Waals surface area contributed by atoms with Crippen molar-refractivity contribution in [1.82, 2.24) is 15.1 Å². The van der Waals surface area contributed by atoms with E-state index >= 15 is 0 Å². The second-order valence-electron chi connectivity index (χ2n) is 3.04. The predicted octanol–water partition coefficient (Wildman–Crippen LogP) is -2.96. The van der Waals surface area contributed by atoms with E-state index in [1.54, 1.807) is 7.05 Å². The van der Waals surface area contributed by atoms with Gasteiger partial charge in [-0.25, -0.2) is 10.1 Å². The number of rotatable bonds is 3. The van der Waals surface area contributed by atoms with Crippen LogP contribution in [0.1, 0.15) is 0 Å². The van der Waals surface area contributed by atoms with Gasteiger partial charge in [-0.05, 0) is 0 Å². The van der Waals surface area contributed by atoms with Gasteiger partial charge in [0.05, 0.1) is 19.3 Å². The quantitative estimate of drug-likeness (QED) is 0.396. The van der Waals surface area contributed by atoms with Gasteiger partial charge in [-0.3, -0.25) is 4.90 Å². The van der Waals surface area contributed by atoms with Gasteiger partial charge >= 0.3 is 0 Å². The molecule has 1 saturated heterocycles. The van der Waals surface area contributed by atoms with Crippen LogP contribution in [0.25, 0.3) is 0 Å². The molecule has 1 rings (SSSR count). The number of nitrogens with zero attached hydrogens (tertiary/aromatic N) is 4. The number of aliphatic carboxylic acids is 1. The first-order chi connectivity index (χ1) is 6.99. The summed E-state index contributed by atoms with van der Waals surface area (Å²) < 4.78 is 0. The van der Waals surface area contributed by atoms with Crippen LogP contribution in [0.3, 0.4) is 0 Å². The van der Waals surface area contributed by atoms with Crippen molar-refractivity contribution in [3.8, 4) is 0 Å². The summed E-state index contributed by atoms with van der Waals surface area (Å²) >= 11 is 0. The van der Waals surface area contributed by atoms with Gasteiger partial charge in [0.2, 0.25) is 0 Å². The first-order valence-electron chi connectivity index (χ1n) is 4.09. The highest BCUT2D eigenvalue weighted by atomic mass is 16.7. The minimum atomic E-state index is -1.19. The number of hydrogen-bond donors (Lipinski definition) is 1. The lowest BCUT2D eigenvalue weighted by Crippen LogP contribution is -2.57. The smallest absolute Gasteiger partial charge is 0.273 e. The third kappa shape index (κ3) is 3.38. The third-order valence-corrected chi connectivity index (χ3v) is 1.76. The molecule has 0 aromatic rings. The minimum absolute atomic E-state index is 0.106. The molecule has 0 unspecified atom stereocenters. The molecule has 1 fully saturated rings. The van der Waals surface area contributed by atoms with E-state index in [9.17, 15) is 20.0 Å². The number of hydrazone groups is 1. The fraction of sp³-hybridized carbons (Fsp3) is 0.667. The predicted molar refractivity (Wildman–Crippen MR) is 46.8 cm³/mol. The molecule has 0 spiro atoms. The Hall–Kier alpha value is -1.90. The summed E-state index contributed by atoms with van der Waals surface area (Å²) in [7, 11) is 1.57. The van der Waals surface area contributed by atoms with Gasteiger partial charge in [-0.1, -0.05) is 0 Å². The molecule has 0 amide bonds. The van der Waals surface area contributed by atoms with Crippen LogP contribution >= 0.6 is 0 Å². The molecule has 1 N–H and O–H groups in total. The second kappa shape index (κ2) is 4.55. The fourth-order valence-electron chi connectivity index (χ4n) is 1.21. The molecule has 0 bridgehead atoms.